The number of fused-ring (bicyclic) bond motifs is 1. The highest BCUT2D eigenvalue weighted by Crippen LogP contribution is 2.22. The molecule has 1 fully saturated rings. The highest BCUT2D eigenvalue weighted by Gasteiger charge is 2.28. The maximum absolute atomic E-state index is 12.9. The number of carbonyl (C=O) groups is 1. The van der Waals surface area contributed by atoms with Crippen molar-refractivity contribution < 1.29 is 7.65 Å². The van der Waals surface area contributed by atoms with Gasteiger partial charge in [0.05, 0.1) is 0 Å². The molecule has 34 heavy (non-hydrogen) atoms. The molecule has 0 aliphatic carbocycles. The quantitative estimate of drug-likeness (QED) is 0.332. The van der Waals surface area contributed by atoms with Gasteiger partial charge in [-0.1, -0.05) is 32.0 Å². The molecule has 2 heterocycles. The zero-order chi connectivity index (χ0) is 24.9. The second kappa shape index (κ2) is 11.4. The molecule has 1 saturated heterocycles. The van der Waals surface area contributed by atoms with E-state index in [2.05, 4.69) is 62.0 Å². The molecule has 190 valence electrons. The van der Waals surface area contributed by atoms with E-state index in [-0.39, 0.29) is 24.6 Å². The molecule has 0 spiro atoms. The van der Waals surface area contributed by atoms with Crippen LogP contribution in [0.25, 0.3) is 10.9 Å². The number of H-pyrrole nitrogens is 1. The number of para-hydroxylation sites is 1. The minimum atomic E-state index is -0.392. The standard InChI is InChI=1S/C26H40N6OS.2H2/c1-18(2)10-11-20(16-19-17-29-22-9-7-6-8-21(19)22)30-24(33)23(27)34-25(28)31-12-14-32(15-13-31)26(3,4)5;;/h6-9,17-18,20,27-29H,10-16H2,1-5H3,(H,30,33);2*1H. The zero-order valence-corrected chi connectivity index (χ0v) is 22.0. The van der Waals surface area contributed by atoms with Gasteiger partial charge >= 0.3 is 0 Å². The maximum Gasteiger partial charge on any atom is 0.276 e. The SMILES string of the molecule is CC(C)CCC(Cc1c[nH]c2ccccc12)NC(=O)C(=N)SC(=N)N1CCN(C(C)(C)C)CC1.[HH].[HH]. The summed E-state index contributed by atoms with van der Waals surface area (Å²) in [5.41, 5.74) is 2.38. The van der Waals surface area contributed by atoms with E-state index in [1.807, 2.05) is 23.2 Å². The van der Waals surface area contributed by atoms with E-state index in [1.54, 1.807) is 0 Å². The Morgan fingerprint density at radius 2 is 1.82 bits per heavy atom. The van der Waals surface area contributed by atoms with Crippen molar-refractivity contribution in [2.75, 3.05) is 26.2 Å². The van der Waals surface area contributed by atoms with E-state index in [1.165, 1.54) is 10.9 Å². The van der Waals surface area contributed by atoms with Crippen LogP contribution >= 0.6 is 11.8 Å². The highest BCUT2D eigenvalue weighted by atomic mass is 32.2. The number of carbonyl (C=O) groups excluding carboxylic acids is 1. The fourth-order valence-corrected chi connectivity index (χ4v) is 5.02. The lowest BCUT2D eigenvalue weighted by Crippen LogP contribution is -2.54. The van der Waals surface area contributed by atoms with Crippen LogP contribution in [-0.2, 0) is 11.2 Å². The van der Waals surface area contributed by atoms with Gasteiger partial charge in [-0.25, -0.2) is 0 Å². The van der Waals surface area contributed by atoms with E-state index < -0.39 is 5.91 Å². The Labute approximate surface area is 211 Å². The minimum absolute atomic E-state index is 0. The lowest BCUT2D eigenvalue weighted by molar-refractivity contribution is -0.115. The Morgan fingerprint density at radius 1 is 1.15 bits per heavy atom. The van der Waals surface area contributed by atoms with E-state index in [0.29, 0.717) is 12.3 Å². The number of hydrogen-bond acceptors (Lipinski definition) is 5. The fraction of sp³-hybridized carbons (Fsp3) is 0.577. The summed E-state index contributed by atoms with van der Waals surface area (Å²) < 4.78 is 0. The molecule has 3 rings (SSSR count). The number of nitrogens with one attached hydrogen (secondary N) is 4. The zero-order valence-electron chi connectivity index (χ0n) is 21.2. The van der Waals surface area contributed by atoms with Crippen LogP contribution in [0.2, 0.25) is 0 Å². The average Bonchev–Trinajstić information content (AvgIpc) is 3.19. The second-order valence-corrected chi connectivity index (χ2v) is 11.6. The van der Waals surface area contributed by atoms with Crippen LogP contribution in [0, 0.1) is 16.7 Å². The summed E-state index contributed by atoms with van der Waals surface area (Å²) in [4.78, 5) is 20.6. The van der Waals surface area contributed by atoms with Crippen LogP contribution in [0.4, 0.5) is 0 Å². The molecule has 1 aliphatic rings. The third kappa shape index (κ3) is 7.09. The van der Waals surface area contributed by atoms with Crippen molar-refractivity contribution in [2.24, 2.45) is 5.92 Å². The van der Waals surface area contributed by atoms with Crippen LogP contribution in [-0.4, -0.2) is 68.7 Å². The molecule has 7 nitrogen and oxygen atoms in total. The Morgan fingerprint density at radius 3 is 2.47 bits per heavy atom. The molecule has 1 aliphatic heterocycles. The van der Waals surface area contributed by atoms with Crippen molar-refractivity contribution >= 4 is 38.8 Å². The van der Waals surface area contributed by atoms with Crippen molar-refractivity contribution in [2.45, 2.75) is 65.5 Å². The third-order valence-electron chi connectivity index (χ3n) is 6.49. The normalized spacial score (nSPS) is 16.1. The Kier molecular flexibility index (Phi) is 8.82. The largest absolute Gasteiger partial charge is 0.361 e. The smallest absolute Gasteiger partial charge is 0.276 e. The van der Waals surface area contributed by atoms with E-state index in [4.69, 9.17) is 10.8 Å². The van der Waals surface area contributed by atoms with Gasteiger partial charge in [0.25, 0.3) is 5.91 Å². The summed E-state index contributed by atoms with van der Waals surface area (Å²) in [6.45, 7) is 14.2. The topological polar surface area (TPSA) is 99.1 Å². The summed E-state index contributed by atoms with van der Waals surface area (Å²) in [7, 11) is 0. The second-order valence-electron chi connectivity index (χ2n) is 10.6. The number of amides is 1. The molecule has 1 amide bonds. The lowest BCUT2D eigenvalue weighted by atomic mass is 9.97. The summed E-state index contributed by atoms with van der Waals surface area (Å²) in [5.74, 6) is 0.146. The van der Waals surface area contributed by atoms with Crippen molar-refractivity contribution in [1.82, 2.24) is 20.1 Å². The predicted molar refractivity (Wildman–Crippen MR) is 148 cm³/mol. The molecule has 1 unspecified atom stereocenters. The monoisotopic (exact) mass is 488 g/mol. The molecule has 2 aromatic rings. The molecule has 8 heteroatoms. The number of hydrogen-bond donors (Lipinski definition) is 4. The van der Waals surface area contributed by atoms with Gasteiger partial charge in [0.15, 0.2) is 10.2 Å². The van der Waals surface area contributed by atoms with E-state index in [0.717, 1.165) is 56.3 Å². The summed E-state index contributed by atoms with van der Waals surface area (Å²) >= 11 is 0.956. The Bertz CT molecular complexity index is 1010. The van der Waals surface area contributed by atoms with Gasteiger partial charge in [-0.2, -0.15) is 0 Å². The third-order valence-corrected chi connectivity index (χ3v) is 7.33. The van der Waals surface area contributed by atoms with Gasteiger partial charge in [-0.3, -0.25) is 20.5 Å². The first-order valence-corrected chi connectivity index (χ1v) is 13.1. The Hall–Kier alpha value is -2.32. The molecule has 1 atom stereocenters. The van der Waals surface area contributed by atoms with Crippen LogP contribution in [0.15, 0.2) is 30.5 Å². The summed E-state index contributed by atoms with van der Waals surface area (Å²) in [5, 5.41) is 21.2. The number of rotatable bonds is 6. The number of thioether (sulfide) groups is 1. The molecular formula is C26H44N6OS. The van der Waals surface area contributed by atoms with Gasteiger partial charge in [0, 0.05) is 57.7 Å². The van der Waals surface area contributed by atoms with Crippen LogP contribution in [0.1, 0.15) is 55.9 Å². The number of piperazine rings is 1. The van der Waals surface area contributed by atoms with Gasteiger partial charge in [0.1, 0.15) is 0 Å². The summed E-state index contributed by atoms with van der Waals surface area (Å²) in [6.07, 6.45) is 4.59. The van der Waals surface area contributed by atoms with Crippen LogP contribution in [0.3, 0.4) is 0 Å². The number of amidine groups is 1. The number of aromatic nitrogens is 1. The van der Waals surface area contributed by atoms with Crippen LogP contribution < -0.4 is 5.32 Å². The number of aromatic amines is 1. The molecule has 1 aromatic heterocycles. The number of benzene rings is 1. The molecule has 1 aromatic carbocycles. The van der Waals surface area contributed by atoms with Gasteiger partial charge in [0.2, 0.25) is 0 Å². The van der Waals surface area contributed by atoms with Crippen molar-refractivity contribution in [3.05, 3.63) is 36.0 Å². The minimum Gasteiger partial charge on any atom is -0.361 e. The van der Waals surface area contributed by atoms with Gasteiger partial charge in [-0.15, -0.1) is 0 Å². The lowest BCUT2D eigenvalue weighted by Gasteiger charge is -2.42. The van der Waals surface area contributed by atoms with E-state index in [9.17, 15) is 4.79 Å². The van der Waals surface area contributed by atoms with Crippen molar-refractivity contribution in [3.63, 3.8) is 0 Å². The number of nitrogens with zero attached hydrogens (tertiary/aromatic N) is 2. The Balaban J connectivity index is 0.00000324. The molecule has 0 saturated carbocycles. The fourth-order valence-electron chi connectivity index (χ4n) is 4.36. The molecule has 0 bridgehead atoms. The van der Waals surface area contributed by atoms with E-state index >= 15 is 0 Å². The first-order chi connectivity index (χ1) is 16.0. The molecular weight excluding hydrogens is 444 g/mol. The first kappa shape index (κ1) is 26.3. The van der Waals surface area contributed by atoms with Crippen molar-refractivity contribution in [3.8, 4) is 0 Å². The summed E-state index contributed by atoms with van der Waals surface area (Å²) in [6, 6.07) is 8.14. The van der Waals surface area contributed by atoms with Gasteiger partial charge < -0.3 is 15.2 Å². The first-order valence-electron chi connectivity index (χ1n) is 12.3. The average molecular weight is 489 g/mol. The highest BCUT2D eigenvalue weighted by molar-refractivity contribution is 8.27. The predicted octanol–water partition coefficient (Wildman–Crippen LogP) is 5.18. The maximum atomic E-state index is 12.9. The molecule has 0 radical (unpaired) electrons. The molecule has 4 N–H and O–H groups in total. The van der Waals surface area contributed by atoms with Crippen LogP contribution in [0.5, 0.6) is 0 Å². The van der Waals surface area contributed by atoms with Crippen molar-refractivity contribution in [1.29, 1.82) is 10.8 Å². The van der Waals surface area contributed by atoms with Gasteiger partial charge in [-0.05, 0) is 69.3 Å².